The summed E-state index contributed by atoms with van der Waals surface area (Å²) in [5, 5.41) is 3.39. The monoisotopic (exact) mass is 272 g/mol. The second-order valence-electron chi connectivity index (χ2n) is 5.10. The first kappa shape index (κ1) is 14.7. The highest BCUT2D eigenvalue weighted by Crippen LogP contribution is 2.31. The third-order valence-electron chi connectivity index (χ3n) is 3.56. The third kappa shape index (κ3) is 3.23. The first-order chi connectivity index (χ1) is 9.63. The van der Waals surface area contributed by atoms with Crippen LogP contribution in [0.25, 0.3) is 0 Å². The number of nitrogens with one attached hydrogen (secondary N) is 1. The summed E-state index contributed by atoms with van der Waals surface area (Å²) in [5.41, 5.74) is 2.75. The van der Waals surface area contributed by atoms with Gasteiger partial charge in [-0.3, -0.25) is 4.98 Å². The molecule has 0 aliphatic heterocycles. The average Bonchev–Trinajstić information content (AvgIpc) is 2.48. The number of hydrogen-bond donors (Lipinski definition) is 1. The first-order valence-electron chi connectivity index (χ1n) is 7.03. The Bertz CT molecular complexity index is 554. The van der Waals surface area contributed by atoms with Gasteiger partial charge in [-0.2, -0.15) is 0 Å². The largest absolute Gasteiger partial charge is 0.310 e. The molecule has 2 aromatic rings. The van der Waals surface area contributed by atoms with Gasteiger partial charge in [-0.1, -0.05) is 37.6 Å². The number of halogens is 1. The number of benzene rings is 1. The molecule has 2 unspecified atom stereocenters. The van der Waals surface area contributed by atoms with E-state index in [1.807, 2.05) is 38.1 Å². The van der Waals surface area contributed by atoms with Gasteiger partial charge >= 0.3 is 0 Å². The molecule has 0 spiro atoms. The molecule has 1 N–H and O–H groups in total. The number of nitrogens with zero attached hydrogens (tertiary/aromatic N) is 1. The summed E-state index contributed by atoms with van der Waals surface area (Å²) in [4.78, 5) is 4.40. The second-order valence-corrected chi connectivity index (χ2v) is 5.10. The lowest BCUT2D eigenvalue weighted by atomic mass is 9.90. The van der Waals surface area contributed by atoms with E-state index in [0.29, 0.717) is 5.56 Å². The highest BCUT2D eigenvalue weighted by molar-refractivity contribution is 5.29. The van der Waals surface area contributed by atoms with Crippen LogP contribution in [0.15, 0.2) is 42.6 Å². The molecular formula is C17H21FN2. The molecule has 0 aliphatic rings. The van der Waals surface area contributed by atoms with E-state index in [0.717, 1.165) is 17.8 Å². The van der Waals surface area contributed by atoms with E-state index in [1.165, 1.54) is 0 Å². The fraction of sp³-hybridized carbons (Fsp3) is 0.353. The van der Waals surface area contributed by atoms with Crippen molar-refractivity contribution in [3.8, 4) is 0 Å². The van der Waals surface area contributed by atoms with E-state index in [4.69, 9.17) is 0 Å². The van der Waals surface area contributed by atoms with Crippen molar-refractivity contribution in [2.24, 2.45) is 0 Å². The van der Waals surface area contributed by atoms with Crippen LogP contribution in [0.2, 0.25) is 0 Å². The third-order valence-corrected chi connectivity index (χ3v) is 3.56. The Morgan fingerprint density at radius 3 is 2.70 bits per heavy atom. The van der Waals surface area contributed by atoms with Crippen LogP contribution in [0.4, 0.5) is 4.39 Å². The van der Waals surface area contributed by atoms with Crippen molar-refractivity contribution in [1.82, 2.24) is 10.3 Å². The first-order valence-corrected chi connectivity index (χ1v) is 7.03. The topological polar surface area (TPSA) is 24.9 Å². The van der Waals surface area contributed by atoms with Crippen LogP contribution in [0.3, 0.4) is 0 Å². The fourth-order valence-electron chi connectivity index (χ4n) is 2.49. The van der Waals surface area contributed by atoms with E-state index < -0.39 is 0 Å². The van der Waals surface area contributed by atoms with Crippen LogP contribution in [-0.4, -0.2) is 11.5 Å². The molecule has 2 nitrogen and oxygen atoms in total. The van der Waals surface area contributed by atoms with Crippen LogP contribution in [0, 0.1) is 12.7 Å². The van der Waals surface area contributed by atoms with E-state index in [9.17, 15) is 4.39 Å². The zero-order valence-corrected chi connectivity index (χ0v) is 12.2. The number of likely N-dealkylation sites (N-methyl/N-ethyl adjacent to an activating group) is 1. The molecule has 0 saturated carbocycles. The Morgan fingerprint density at radius 1 is 1.25 bits per heavy atom. The predicted molar refractivity (Wildman–Crippen MR) is 80.2 cm³/mol. The summed E-state index contributed by atoms with van der Waals surface area (Å²) in [6.45, 7) is 6.88. The lowest BCUT2D eigenvalue weighted by Crippen LogP contribution is -2.27. The maximum absolute atomic E-state index is 14.2. The molecule has 20 heavy (non-hydrogen) atoms. The van der Waals surface area contributed by atoms with Crippen LogP contribution < -0.4 is 5.32 Å². The summed E-state index contributed by atoms with van der Waals surface area (Å²) in [6, 6.07) is 11.0. The quantitative estimate of drug-likeness (QED) is 0.890. The summed E-state index contributed by atoms with van der Waals surface area (Å²) in [7, 11) is 0. The van der Waals surface area contributed by atoms with Crippen molar-refractivity contribution >= 4 is 0 Å². The molecule has 0 bridgehead atoms. The summed E-state index contributed by atoms with van der Waals surface area (Å²) < 4.78 is 14.2. The zero-order valence-electron chi connectivity index (χ0n) is 12.2. The van der Waals surface area contributed by atoms with Crippen LogP contribution in [-0.2, 0) is 0 Å². The van der Waals surface area contributed by atoms with Crippen molar-refractivity contribution in [1.29, 1.82) is 0 Å². The maximum atomic E-state index is 14.2. The Morgan fingerprint density at radius 2 is 2.05 bits per heavy atom. The van der Waals surface area contributed by atoms with Gasteiger partial charge in [-0.05, 0) is 31.7 Å². The maximum Gasteiger partial charge on any atom is 0.128 e. The summed E-state index contributed by atoms with van der Waals surface area (Å²) >= 11 is 0. The molecule has 1 heterocycles. The van der Waals surface area contributed by atoms with Crippen LogP contribution in [0.1, 0.15) is 42.6 Å². The Labute approximate surface area is 120 Å². The van der Waals surface area contributed by atoms with Gasteiger partial charge in [0.25, 0.3) is 0 Å². The van der Waals surface area contributed by atoms with Gasteiger partial charge in [-0.25, -0.2) is 4.39 Å². The predicted octanol–water partition coefficient (Wildman–Crippen LogP) is 3.98. The molecule has 1 aromatic carbocycles. The average molecular weight is 272 g/mol. The standard InChI is InChI=1S/C17H21FN2/c1-4-19-17(13(3)16-7-5-6-10-20-16)14-11-12(2)8-9-15(14)18/h5-11,13,17,19H,4H2,1-3H3. The highest BCUT2D eigenvalue weighted by atomic mass is 19.1. The minimum absolute atomic E-state index is 0.0743. The number of hydrogen-bond acceptors (Lipinski definition) is 2. The minimum Gasteiger partial charge on any atom is -0.310 e. The van der Waals surface area contributed by atoms with Crippen LogP contribution in [0.5, 0.6) is 0 Å². The molecule has 1 aromatic heterocycles. The Kier molecular flexibility index (Phi) is 4.85. The number of aromatic nitrogens is 1. The molecule has 3 heteroatoms. The summed E-state index contributed by atoms with van der Waals surface area (Å²) in [5.74, 6) is -0.0585. The van der Waals surface area contributed by atoms with Crippen molar-refractivity contribution < 1.29 is 4.39 Å². The van der Waals surface area contributed by atoms with Gasteiger partial charge in [0.15, 0.2) is 0 Å². The van der Waals surface area contributed by atoms with Crippen molar-refractivity contribution in [3.63, 3.8) is 0 Å². The van der Waals surface area contributed by atoms with E-state index >= 15 is 0 Å². The number of rotatable bonds is 5. The van der Waals surface area contributed by atoms with Crippen LogP contribution >= 0.6 is 0 Å². The molecule has 0 fully saturated rings. The molecular weight excluding hydrogens is 251 g/mol. The van der Waals surface area contributed by atoms with E-state index in [1.54, 1.807) is 18.3 Å². The second kappa shape index (κ2) is 6.62. The molecule has 106 valence electrons. The molecule has 0 saturated heterocycles. The van der Waals surface area contributed by atoms with E-state index in [-0.39, 0.29) is 17.8 Å². The Hall–Kier alpha value is -1.74. The Balaban J connectivity index is 2.38. The zero-order chi connectivity index (χ0) is 14.5. The SMILES string of the molecule is CCNC(c1cc(C)ccc1F)C(C)c1ccccn1. The number of aryl methyl sites for hydroxylation is 1. The van der Waals surface area contributed by atoms with Crippen molar-refractivity contribution in [3.05, 3.63) is 65.2 Å². The lowest BCUT2D eigenvalue weighted by molar-refractivity contribution is 0.450. The van der Waals surface area contributed by atoms with Gasteiger partial charge < -0.3 is 5.32 Å². The van der Waals surface area contributed by atoms with Crippen molar-refractivity contribution in [2.75, 3.05) is 6.54 Å². The normalized spacial score (nSPS) is 14.0. The van der Waals surface area contributed by atoms with Crippen molar-refractivity contribution in [2.45, 2.75) is 32.7 Å². The van der Waals surface area contributed by atoms with Gasteiger partial charge in [0.1, 0.15) is 5.82 Å². The van der Waals surface area contributed by atoms with E-state index in [2.05, 4.69) is 17.2 Å². The fourth-order valence-corrected chi connectivity index (χ4v) is 2.49. The van der Waals surface area contributed by atoms with Gasteiger partial charge in [-0.15, -0.1) is 0 Å². The smallest absolute Gasteiger partial charge is 0.128 e. The minimum atomic E-state index is -0.163. The lowest BCUT2D eigenvalue weighted by Gasteiger charge is -2.25. The number of pyridine rings is 1. The van der Waals surface area contributed by atoms with Gasteiger partial charge in [0, 0.05) is 29.4 Å². The highest BCUT2D eigenvalue weighted by Gasteiger charge is 2.23. The summed E-state index contributed by atoms with van der Waals surface area (Å²) in [6.07, 6.45) is 1.78. The molecule has 0 radical (unpaired) electrons. The molecule has 0 aliphatic carbocycles. The molecule has 2 atom stereocenters. The molecule has 2 rings (SSSR count). The van der Waals surface area contributed by atoms with Gasteiger partial charge in [0.2, 0.25) is 0 Å². The molecule has 0 amide bonds. The van der Waals surface area contributed by atoms with Gasteiger partial charge in [0.05, 0.1) is 0 Å².